The smallest absolute Gasteiger partial charge is 0.131 e. The number of unbranched alkanes of at least 4 members (excludes halogenated alkanes) is 2. The minimum Gasteiger partial charge on any atom is -0.457 e. The Morgan fingerprint density at radius 1 is 1.00 bits per heavy atom. The fourth-order valence-electron chi connectivity index (χ4n) is 3.10. The second-order valence-corrected chi connectivity index (χ2v) is 6.21. The summed E-state index contributed by atoms with van der Waals surface area (Å²) in [6.45, 7) is 4.50. The van der Waals surface area contributed by atoms with Crippen LogP contribution in [0.25, 0.3) is 0 Å². The Balaban J connectivity index is 1.92. The minimum atomic E-state index is 0.943. The topological polar surface area (TPSA) is 9.23 Å². The van der Waals surface area contributed by atoms with Crippen LogP contribution in [0.5, 0.6) is 11.5 Å². The predicted octanol–water partition coefficient (Wildman–Crippen LogP) is 5.87. The summed E-state index contributed by atoms with van der Waals surface area (Å²) >= 11 is 0. The number of para-hydroxylation sites is 1. The van der Waals surface area contributed by atoms with Gasteiger partial charge in [0.15, 0.2) is 0 Å². The number of hydrogen-bond acceptors (Lipinski definition) is 1. The van der Waals surface area contributed by atoms with E-state index in [1.807, 2.05) is 6.07 Å². The lowest BCUT2D eigenvalue weighted by atomic mass is 9.91. The lowest BCUT2D eigenvalue weighted by molar-refractivity contribution is 0.458. The van der Waals surface area contributed by atoms with E-state index in [-0.39, 0.29) is 0 Å². The molecule has 22 heavy (non-hydrogen) atoms. The monoisotopic (exact) mass is 293 g/mol. The summed E-state index contributed by atoms with van der Waals surface area (Å²) in [7, 11) is 0. The largest absolute Gasteiger partial charge is 0.457 e. The molecule has 2 aromatic rings. The van der Waals surface area contributed by atoms with Gasteiger partial charge in [-0.15, -0.1) is 0 Å². The Morgan fingerprint density at radius 3 is 2.59 bits per heavy atom. The first-order valence-electron chi connectivity index (χ1n) is 8.64. The molecule has 1 aliphatic heterocycles. The SMILES string of the molecule is CCCCc1[c]c2c(cc1CCCC)Oc1ccccc1C2. The predicted molar refractivity (Wildman–Crippen MR) is 91.8 cm³/mol. The Morgan fingerprint density at radius 2 is 1.77 bits per heavy atom. The van der Waals surface area contributed by atoms with Crippen molar-refractivity contribution in [1.82, 2.24) is 0 Å². The maximum atomic E-state index is 6.13. The van der Waals surface area contributed by atoms with Gasteiger partial charge >= 0.3 is 0 Å². The maximum absolute atomic E-state index is 6.13. The van der Waals surface area contributed by atoms with Crippen molar-refractivity contribution < 1.29 is 4.74 Å². The summed E-state index contributed by atoms with van der Waals surface area (Å²) in [5, 5.41) is 0. The van der Waals surface area contributed by atoms with Crippen LogP contribution in [-0.2, 0) is 19.3 Å². The molecule has 0 aliphatic carbocycles. The van der Waals surface area contributed by atoms with Crippen LogP contribution in [0.2, 0.25) is 0 Å². The van der Waals surface area contributed by atoms with Crippen LogP contribution in [0.3, 0.4) is 0 Å². The van der Waals surface area contributed by atoms with E-state index in [9.17, 15) is 0 Å². The third-order valence-corrected chi connectivity index (χ3v) is 4.43. The van der Waals surface area contributed by atoms with Gasteiger partial charge in [0, 0.05) is 12.0 Å². The van der Waals surface area contributed by atoms with E-state index in [1.165, 1.54) is 47.9 Å². The van der Waals surface area contributed by atoms with Gasteiger partial charge in [0.1, 0.15) is 11.5 Å². The summed E-state index contributed by atoms with van der Waals surface area (Å²) in [4.78, 5) is 0. The molecule has 2 aromatic carbocycles. The van der Waals surface area contributed by atoms with Crippen LogP contribution in [0.15, 0.2) is 30.3 Å². The molecule has 0 spiro atoms. The lowest BCUT2D eigenvalue weighted by Gasteiger charge is -2.22. The first kappa shape index (κ1) is 15.1. The molecular formula is C21H25O. The number of rotatable bonds is 6. The molecule has 1 heteroatoms. The third-order valence-electron chi connectivity index (χ3n) is 4.43. The Hall–Kier alpha value is -1.76. The van der Waals surface area contributed by atoms with Gasteiger partial charge < -0.3 is 4.74 Å². The molecular weight excluding hydrogens is 268 g/mol. The molecule has 0 bridgehead atoms. The first-order valence-corrected chi connectivity index (χ1v) is 8.64. The molecule has 0 N–H and O–H groups in total. The quantitative estimate of drug-likeness (QED) is 0.552. The van der Waals surface area contributed by atoms with Crippen molar-refractivity contribution in [3.05, 3.63) is 58.7 Å². The molecule has 0 fully saturated rings. The van der Waals surface area contributed by atoms with Crippen molar-refractivity contribution >= 4 is 0 Å². The van der Waals surface area contributed by atoms with Crippen molar-refractivity contribution in [2.75, 3.05) is 0 Å². The highest BCUT2D eigenvalue weighted by atomic mass is 16.5. The molecule has 0 amide bonds. The van der Waals surface area contributed by atoms with Crippen LogP contribution in [0.1, 0.15) is 61.8 Å². The summed E-state index contributed by atoms with van der Waals surface area (Å²) in [5.74, 6) is 2.02. The van der Waals surface area contributed by atoms with Crippen LogP contribution in [0.4, 0.5) is 0 Å². The third kappa shape index (κ3) is 3.19. The van der Waals surface area contributed by atoms with Gasteiger partial charge in [-0.3, -0.25) is 0 Å². The molecule has 3 rings (SSSR count). The number of ether oxygens (including phenoxy) is 1. The molecule has 1 aliphatic rings. The van der Waals surface area contributed by atoms with Crippen molar-refractivity contribution in [3.63, 3.8) is 0 Å². The van der Waals surface area contributed by atoms with E-state index in [0.717, 1.165) is 30.8 Å². The Kier molecular flexibility index (Phi) is 4.82. The number of fused-ring (bicyclic) bond motifs is 2. The van der Waals surface area contributed by atoms with Crippen molar-refractivity contribution in [3.8, 4) is 11.5 Å². The van der Waals surface area contributed by atoms with Gasteiger partial charge in [0.2, 0.25) is 0 Å². The minimum absolute atomic E-state index is 0.943. The zero-order valence-electron chi connectivity index (χ0n) is 13.7. The second kappa shape index (κ2) is 7.00. The highest BCUT2D eigenvalue weighted by Crippen LogP contribution is 2.38. The van der Waals surface area contributed by atoms with Crippen LogP contribution >= 0.6 is 0 Å². The summed E-state index contributed by atoms with van der Waals surface area (Å²) in [6, 6.07) is 14.3. The average Bonchev–Trinajstić information content (AvgIpc) is 2.55. The van der Waals surface area contributed by atoms with Gasteiger partial charge in [-0.2, -0.15) is 0 Å². The average molecular weight is 293 g/mol. The molecule has 0 saturated heterocycles. The molecule has 0 saturated carbocycles. The van der Waals surface area contributed by atoms with Crippen molar-refractivity contribution in [2.45, 2.75) is 58.8 Å². The maximum Gasteiger partial charge on any atom is 0.131 e. The van der Waals surface area contributed by atoms with E-state index in [4.69, 9.17) is 4.74 Å². The summed E-state index contributed by atoms with van der Waals surface area (Å²) in [6.07, 6.45) is 8.17. The van der Waals surface area contributed by atoms with Gasteiger partial charge in [-0.05, 0) is 60.6 Å². The van der Waals surface area contributed by atoms with Gasteiger partial charge in [-0.1, -0.05) is 44.9 Å². The highest BCUT2D eigenvalue weighted by Gasteiger charge is 2.19. The molecule has 115 valence electrons. The molecule has 0 unspecified atom stereocenters. The summed E-state index contributed by atoms with van der Waals surface area (Å²) in [5.41, 5.74) is 5.35. The van der Waals surface area contributed by atoms with E-state index < -0.39 is 0 Å². The standard InChI is InChI=1S/C21H25O/c1-3-5-9-16-13-19-14-18-11-7-8-12-20(18)22-21(19)15-17(16)10-6-4-2/h7-8,11-12,15H,3-6,9-10,14H2,1-2H3. The highest BCUT2D eigenvalue weighted by molar-refractivity contribution is 5.52. The normalized spacial score (nSPS) is 12.5. The van der Waals surface area contributed by atoms with E-state index in [1.54, 1.807) is 0 Å². The fraction of sp³-hybridized carbons (Fsp3) is 0.429. The molecule has 1 heterocycles. The zero-order chi connectivity index (χ0) is 15.4. The van der Waals surface area contributed by atoms with E-state index in [0.29, 0.717) is 0 Å². The Bertz CT molecular complexity index is 586. The van der Waals surface area contributed by atoms with Crippen LogP contribution in [-0.4, -0.2) is 0 Å². The van der Waals surface area contributed by atoms with E-state index in [2.05, 4.69) is 44.2 Å². The Labute approximate surface area is 134 Å². The van der Waals surface area contributed by atoms with Crippen molar-refractivity contribution in [1.29, 1.82) is 0 Å². The number of hydrogen-bond donors (Lipinski definition) is 0. The lowest BCUT2D eigenvalue weighted by Crippen LogP contribution is -2.06. The first-order chi connectivity index (χ1) is 10.8. The second-order valence-electron chi connectivity index (χ2n) is 6.21. The molecule has 1 nitrogen and oxygen atoms in total. The number of benzene rings is 2. The van der Waals surface area contributed by atoms with Crippen LogP contribution in [0, 0.1) is 6.07 Å². The zero-order valence-corrected chi connectivity index (χ0v) is 13.7. The number of aryl methyl sites for hydroxylation is 2. The molecule has 0 atom stereocenters. The van der Waals surface area contributed by atoms with Gasteiger partial charge in [-0.25, -0.2) is 0 Å². The van der Waals surface area contributed by atoms with Crippen LogP contribution < -0.4 is 4.74 Å². The fourth-order valence-corrected chi connectivity index (χ4v) is 3.10. The summed E-state index contributed by atoms with van der Waals surface area (Å²) < 4.78 is 6.13. The van der Waals surface area contributed by atoms with E-state index >= 15 is 0 Å². The van der Waals surface area contributed by atoms with Gasteiger partial charge in [0.25, 0.3) is 0 Å². The van der Waals surface area contributed by atoms with Gasteiger partial charge in [0.05, 0.1) is 0 Å². The molecule has 1 radical (unpaired) electrons. The van der Waals surface area contributed by atoms with Crippen molar-refractivity contribution in [2.24, 2.45) is 0 Å². The molecule has 0 aromatic heterocycles.